The number of allylic oxidation sites excluding steroid dienone is 1. The molecule has 1 amide bonds. The number of nitrogens with zero attached hydrogens (tertiary/aromatic N) is 3. The summed E-state index contributed by atoms with van der Waals surface area (Å²) in [5.74, 6) is 0.216. The highest BCUT2D eigenvalue weighted by atomic mass is 16.2. The number of hydrogen-bond donors (Lipinski definition) is 0. The van der Waals surface area contributed by atoms with Crippen LogP contribution in [0.25, 0.3) is 0 Å². The van der Waals surface area contributed by atoms with Gasteiger partial charge in [0.15, 0.2) is 0 Å². The van der Waals surface area contributed by atoms with E-state index in [0.29, 0.717) is 0 Å². The fourth-order valence-corrected chi connectivity index (χ4v) is 5.78. The summed E-state index contributed by atoms with van der Waals surface area (Å²) in [6.07, 6.45) is 39.3. The van der Waals surface area contributed by atoms with Crippen LogP contribution in [0.3, 0.4) is 0 Å². The van der Waals surface area contributed by atoms with Gasteiger partial charge in [-0.25, -0.2) is 0 Å². The number of rotatable bonds is 33. The van der Waals surface area contributed by atoms with Gasteiger partial charge >= 0.3 is 0 Å². The quantitative estimate of drug-likeness (QED) is 0.0561. The molecule has 0 unspecified atom stereocenters. The molecule has 0 saturated carbocycles. The van der Waals surface area contributed by atoms with Gasteiger partial charge < -0.3 is 14.7 Å². The van der Waals surface area contributed by atoms with Crippen molar-refractivity contribution in [2.75, 3.05) is 54.4 Å². The number of amides is 1. The lowest BCUT2D eigenvalue weighted by atomic mass is 10.0. The van der Waals surface area contributed by atoms with Crippen LogP contribution in [0.4, 0.5) is 0 Å². The molecule has 0 spiro atoms. The lowest BCUT2D eigenvalue weighted by Crippen LogP contribution is -2.32. The van der Waals surface area contributed by atoms with E-state index in [9.17, 15) is 4.79 Å². The smallest absolute Gasteiger partial charge is 0.246 e. The van der Waals surface area contributed by atoms with Gasteiger partial charge in [-0.15, -0.1) is 0 Å². The molecule has 0 aliphatic carbocycles. The van der Waals surface area contributed by atoms with E-state index in [2.05, 4.69) is 55.9 Å². The molecule has 0 bridgehead atoms. The van der Waals surface area contributed by atoms with E-state index in [1.54, 1.807) is 0 Å². The van der Waals surface area contributed by atoms with E-state index in [1.165, 1.54) is 135 Å². The molecule has 0 fully saturated rings. The second kappa shape index (κ2) is 33.0. The summed E-state index contributed by atoms with van der Waals surface area (Å²) < 4.78 is 0. The maximum absolute atomic E-state index is 12.8. The Morgan fingerprint density at radius 1 is 0.429 bits per heavy atom. The van der Waals surface area contributed by atoms with Crippen molar-refractivity contribution < 1.29 is 4.79 Å². The third-order valence-corrected chi connectivity index (χ3v) is 8.61. The summed E-state index contributed by atoms with van der Waals surface area (Å²) in [5, 5.41) is 0. The van der Waals surface area contributed by atoms with E-state index in [0.717, 1.165) is 58.3 Å². The normalized spacial score (nSPS) is 11.9. The summed E-state index contributed by atoms with van der Waals surface area (Å²) >= 11 is 0. The van der Waals surface area contributed by atoms with Crippen LogP contribution in [0.5, 0.6) is 0 Å². The minimum Gasteiger partial charge on any atom is -0.339 e. The molecule has 0 aliphatic rings. The minimum atomic E-state index is 0.216. The average Bonchev–Trinajstić information content (AvgIpc) is 2.96. The monoisotopic (exact) mass is 592 g/mol. The van der Waals surface area contributed by atoms with Crippen molar-refractivity contribution in [3.8, 4) is 0 Å². The Morgan fingerprint density at radius 3 is 1.07 bits per heavy atom. The SMILES string of the molecule is CCCCCCCCCCCCCCCCCCCCCCCC=CC(=O)N(CCCCN(C)C)CCCCN(C)C. The highest BCUT2D eigenvalue weighted by molar-refractivity contribution is 5.87. The Kier molecular flexibility index (Phi) is 32.3. The van der Waals surface area contributed by atoms with E-state index < -0.39 is 0 Å². The van der Waals surface area contributed by atoms with Crippen molar-refractivity contribution in [3.05, 3.63) is 12.2 Å². The molecule has 0 aromatic carbocycles. The molecule has 4 heteroatoms. The van der Waals surface area contributed by atoms with Gasteiger partial charge in [0.05, 0.1) is 0 Å². The van der Waals surface area contributed by atoms with Gasteiger partial charge in [0.1, 0.15) is 0 Å². The third-order valence-electron chi connectivity index (χ3n) is 8.61. The molecule has 42 heavy (non-hydrogen) atoms. The Bertz CT molecular complexity index is 559. The van der Waals surface area contributed by atoms with E-state index >= 15 is 0 Å². The molecule has 0 aliphatic heterocycles. The predicted molar refractivity (Wildman–Crippen MR) is 189 cm³/mol. The fourth-order valence-electron chi connectivity index (χ4n) is 5.78. The van der Waals surface area contributed by atoms with Gasteiger partial charge in [0.2, 0.25) is 5.91 Å². The minimum absolute atomic E-state index is 0.216. The number of carbonyl (C=O) groups is 1. The Labute approximate surface area is 265 Å². The van der Waals surface area contributed by atoms with Crippen molar-refractivity contribution >= 4 is 5.91 Å². The van der Waals surface area contributed by atoms with Gasteiger partial charge in [-0.05, 0) is 85.9 Å². The van der Waals surface area contributed by atoms with Crippen molar-refractivity contribution in [2.45, 2.75) is 174 Å². The molecule has 0 aromatic rings. The summed E-state index contributed by atoms with van der Waals surface area (Å²) in [7, 11) is 8.48. The van der Waals surface area contributed by atoms with Crippen molar-refractivity contribution in [1.29, 1.82) is 0 Å². The molecular formula is C38H77N3O. The van der Waals surface area contributed by atoms with Crippen LogP contribution in [0.15, 0.2) is 12.2 Å². The molecule has 250 valence electrons. The lowest BCUT2D eigenvalue weighted by Gasteiger charge is -2.22. The van der Waals surface area contributed by atoms with Gasteiger partial charge in [-0.1, -0.05) is 141 Å². The Morgan fingerprint density at radius 2 is 0.738 bits per heavy atom. The van der Waals surface area contributed by atoms with Crippen LogP contribution < -0.4 is 0 Å². The largest absolute Gasteiger partial charge is 0.339 e. The zero-order valence-electron chi connectivity index (χ0n) is 29.6. The zero-order valence-corrected chi connectivity index (χ0v) is 29.6. The number of unbranched alkanes of at least 4 members (excludes halogenated alkanes) is 23. The number of hydrogen-bond acceptors (Lipinski definition) is 3. The highest BCUT2D eigenvalue weighted by Crippen LogP contribution is 2.15. The second-order valence-corrected chi connectivity index (χ2v) is 13.6. The van der Waals surface area contributed by atoms with E-state index in [-0.39, 0.29) is 5.91 Å². The standard InChI is InChI=1S/C38H77N3O/c1-6-7-8-9-10-11-12-13-14-15-16-17-18-19-20-21-22-23-24-25-26-27-28-33-38(42)41(36-31-29-34-39(2)3)37-32-30-35-40(4)5/h28,33H,6-27,29-32,34-37H2,1-5H3. The van der Waals surface area contributed by atoms with Crippen LogP contribution in [0.2, 0.25) is 0 Å². The van der Waals surface area contributed by atoms with Gasteiger partial charge in [-0.3, -0.25) is 4.79 Å². The van der Waals surface area contributed by atoms with Gasteiger partial charge in [0.25, 0.3) is 0 Å². The molecule has 0 N–H and O–H groups in total. The zero-order chi connectivity index (χ0) is 30.9. The highest BCUT2D eigenvalue weighted by Gasteiger charge is 2.10. The van der Waals surface area contributed by atoms with Gasteiger partial charge in [-0.2, -0.15) is 0 Å². The van der Waals surface area contributed by atoms with E-state index in [4.69, 9.17) is 0 Å². The van der Waals surface area contributed by atoms with Gasteiger partial charge in [0, 0.05) is 13.1 Å². The van der Waals surface area contributed by atoms with Crippen LogP contribution in [0, 0.1) is 0 Å². The Hall–Kier alpha value is -0.870. The second-order valence-electron chi connectivity index (χ2n) is 13.6. The lowest BCUT2D eigenvalue weighted by molar-refractivity contribution is -0.126. The third kappa shape index (κ3) is 32.1. The molecule has 0 atom stereocenters. The first kappa shape index (κ1) is 41.1. The predicted octanol–water partition coefficient (Wildman–Crippen LogP) is 10.7. The molecule has 0 saturated heterocycles. The summed E-state index contributed by atoms with van der Waals surface area (Å²) in [5.41, 5.74) is 0. The molecular weight excluding hydrogens is 514 g/mol. The first-order chi connectivity index (χ1) is 20.5. The summed E-state index contributed by atoms with van der Waals surface area (Å²) in [6, 6.07) is 0. The van der Waals surface area contributed by atoms with E-state index in [1.807, 2.05) is 6.08 Å². The molecule has 4 nitrogen and oxygen atoms in total. The van der Waals surface area contributed by atoms with Crippen LogP contribution in [0.1, 0.15) is 174 Å². The average molecular weight is 592 g/mol. The van der Waals surface area contributed by atoms with Crippen LogP contribution >= 0.6 is 0 Å². The number of carbonyl (C=O) groups excluding carboxylic acids is 1. The van der Waals surface area contributed by atoms with Crippen molar-refractivity contribution in [1.82, 2.24) is 14.7 Å². The summed E-state index contributed by atoms with van der Waals surface area (Å²) in [4.78, 5) is 19.4. The maximum atomic E-state index is 12.8. The molecule has 0 aromatic heterocycles. The van der Waals surface area contributed by atoms with Crippen molar-refractivity contribution in [3.63, 3.8) is 0 Å². The van der Waals surface area contributed by atoms with Crippen LogP contribution in [-0.4, -0.2) is 75.0 Å². The molecule has 0 radical (unpaired) electrons. The summed E-state index contributed by atoms with van der Waals surface area (Å²) in [6.45, 7) is 6.26. The van der Waals surface area contributed by atoms with Crippen molar-refractivity contribution in [2.24, 2.45) is 0 Å². The first-order valence-corrected chi connectivity index (χ1v) is 18.7. The molecule has 0 heterocycles. The maximum Gasteiger partial charge on any atom is 0.246 e. The Balaban J connectivity index is 3.63. The molecule has 0 rings (SSSR count). The fraction of sp³-hybridized carbons (Fsp3) is 0.921. The first-order valence-electron chi connectivity index (χ1n) is 18.7. The topological polar surface area (TPSA) is 26.8 Å². The van der Waals surface area contributed by atoms with Crippen LogP contribution in [-0.2, 0) is 4.79 Å².